The van der Waals surface area contributed by atoms with Gasteiger partial charge < -0.3 is 10.4 Å². The fourth-order valence-electron chi connectivity index (χ4n) is 0.528. The predicted octanol–water partition coefficient (Wildman–Crippen LogP) is 1.55. The molecule has 0 fully saturated rings. The molecule has 0 aromatic carbocycles. The Morgan fingerprint density at radius 3 is 2.82 bits per heavy atom. The lowest BCUT2D eigenvalue weighted by molar-refractivity contribution is 0.0751. The number of nitrogens with zero attached hydrogens (tertiary/aromatic N) is 1. The van der Waals surface area contributed by atoms with E-state index in [2.05, 4.69) is 9.27 Å². The highest BCUT2D eigenvalue weighted by Crippen LogP contribution is 1.99. The van der Waals surface area contributed by atoms with Gasteiger partial charge in [0.25, 0.3) is 0 Å². The number of hydrogen-bond donors (Lipinski definition) is 1. The Balaban J connectivity index is 0.000001000. The van der Waals surface area contributed by atoms with Crippen LogP contribution in [0.1, 0.15) is 10.4 Å². The number of rotatable bonds is 1. The largest absolute Gasteiger partial charge is 0.357 e. The first-order chi connectivity index (χ1) is 4.84. The molecule has 3 N–H and O–H groups in total. The average Bonchev–Trinajstić information content (AvgIpc) is 2.05. The van der Waals surface area contributed by atoms with Crippen LogP contribution >= 0.6 is 11.9 Å². The van der Waals surface area contributed by atoms with Crippen molar-refractivity contribution in [2.75, 3.05) is 0 Å². The molecule has 60 valence electrons. The van der Waals surface area contributed by atoms with Gasteiger partial charge in [-0.1, -0.05) is 0 Å². The van der Waals surface area contributed by atoms with Gasteiger partial charge in [-0.15, -0.1) is 0 Å². The summed E-state index contributed by atoms with van der Waals surface area (Å²) in [5.41, 5.74) is 0.345. The topological polar surface area (TPSA) is 74.2 Å². The van der Waals surface area contributed by atoms with Crippen molar-refractivity contribution in [2.24, 2.45) is 0 Å². The predicted molar refractivity (Wildman–Crippen MR) is 40.5 cm³/mol. The molecule has 1 rings (SSSR count). The van der Waals surface area contributed by atoms with E-state index in [9.17, 15) is 4.79 Å². The first-order valence-corrected chi connectivity index (χ1v) is 2.88. The fraction of sp³-hybridized carbons (Fsp3) is 0. The van der Waals surface area contributed by atoms with Crippen LogP contribution in [0.25, 0.3) is 0 Å². The summed E-state index contributed by atoms with van der Waals surface area (Å²) in [5, 5.41) is 0. The Morgan fingerprint density at radius 2 is 2.36 bits per heavy atom. The summed E-state index contributed by atoms with van der Waals surface area (Å²) in [4.78, 5) is 14.3. The fourth-order valence-corrected chi connectivity index (χ4v) is 0.617. The summed E-state index contributed by atoms with van der Waals surface area (Å²) in [5.74, 6) is -0.588. The Bertz CT molecular complexity index is 227. The smallest absolute Gasteiger partial charge is 0.344 e. The van der Waals surface area contributed by atoms with Gasteiger partial charge in [-0.25, -0.2) is 4.79 Å². The van der Waals surface area contributed by atoms with Crippen molar-refractivity contribution in [3.8, 4) is 0 Å². The number of halogens is 1. The minimum absolute atomic E-state index is 0. The zero-order chi connectivity index (χ0) is 7.40. The SMILES string of the molecule is N.O=C(OCl)c1cccnc1. The summed E-state index contributed by atoms with van der Waals surface area (Å²) in [6, 6.07) is 3.20. The summed E-state index contributed by atoms with van der Waals surface area (Å²) in [6.07, 6.45) is 2.94. The number of carbonyl (C=O) groups is 1. The first kappa shape index (κ1) is 9.87. The Hall–Kier alpha value is -1.13. The van der Waals surface area contributed by atoms with Crippen LogP contribution < -0.4 is 6.15 Å². The molecule has 0 radical (unpaired) electrons. The maximum atomic E-state index is 10.6. The van der Waals surface area contributed by atoms with Crippen molar-refractivity contribution in [3.05, 3.63) is 30.1 Å². The lowest BCUT2D eigenvalue weighted by atomic mass is 10.3. The highest BCUT2D eigenvalue weighted by molar-refractivity contribution is 6.15. The molecule has 0 saturated carbocycles. The number of hydrogen-bond acceptors (Lipinski definition) is 4. The van der Waals surface area contributed by atoms with Crippen molar-refractivity contribution in [1.82, 2.24) is 11.1 Å². The van der Waals surface area contributed by atoms with Crippen LogP contribution in [0.5, 0.6) is 0 Å². The molecule has 0 atom stereocenters. The summed E-state index contributed by atoms with van der Waals surface area (Å²) < 4.78 is 3.93. The molecule has 1 aromatic heterocycles. The van der Waals surface area contributed by atoms with Gasteiger partial charge in [0.15, 0.2) is 0 Å². The number of aromatic nitrogens is 1. The van der Waals surface area contributed by atoms with E-state index in [1.54, 1.807) is 18.3 Å². The normalized spacial score (nSPS) is 8.09. The van der Waals surface area contributed by atoms with Crippen LogP contribution in [0.15, 0.2) is 24.5 Å². The average molecular weight is 175 g/mol. The van der Waals surface area contributed by atoms with Crippen molar-refractivity contribution in [2.45, 2.75) is 0 Å². The molecule has 1 aromatic rings. The van der Waals surface area contributed by atoms with E-state index >= 15 is 0 Å². The molecule has 0 aliphatic carbocycles. The van der Waals surface area contributed by atoms with Crippen LogP contribution in [0.3, 0.4) is 0 Å². The lowest BCUT2D eigenvalue weighted by Gasteiger charge is -1.91. The lowest BCUT2D eigenvalue weighted by Crippen LogP contribution is -1.97. The third-order valence-electron chi connectivity index (χ3n) is 0.967. The van der Waals surface area contributed by atoms with Gasteiger partial charge in [0.05, 0.1) is 5.56 Å². The molecular weight excluding hydrogens is 168 g/mol. The van der Waals surface area contributed by atoms with E-state index in [0.29, 0.717) is 5.56 Å². The molecule has 0 unspecified atom stereocenters. The zero-order valence-electron chi connectivity index (χ0n) is 5.66. The van der Waals surface area contributed by atoms with Crippen molar-refractivity contribution < 1.29 is 9.08 Å². The minimum atomic E-state index is -0.588. The van der Waals surface area contributed by atoms with Crippen LogP contribution in [0, 0.1) is 0 Å². The van der Waals surface area contributed by atoms with Gasteiger partial charge in [0.2, 0.25) is 0 Å². The van der Waals surface area contributed by atoms with E-state index in [1.165, 1.54) is 6.20 Å². The zero-order valence-corrected chi connectivity index (χ0v) is 6.41. The molecule has 5 heteroatoms. The molecule has 0 aliphatic heterocycles. The van der Waals surface area contributed by atoms with E-state index < -0.39 is 5.97 Å². The van der Waals surface area contributed by atoms with E-state index in [-0.39, 0.29) is 6.15 Å². The molecular formula is C6H7ClN2O2. The third kappa shape index (κ3) is 2.53. The van der Waals surface area contributed by atoms with Gasteiger partial charge in [0.1, 0.15) is 11.9 Å². The van der Waals surface area contributed by atoms with E-state index in [1.807, 2.05) is 0 Å². The molecule has 4 nitrogen and oxygen atoms in total. The Kier molecular flexibility index (Phi) is 4.17. The minimum Gasteiger partial charge on any atom is -0.344 e. The van der Waals surface area contributed by atoms with Crippen molar-refractivity contribution in [1.29, 1.82) is 0 Å². The Labute approximate surface area is 68.9 Å². The maximum absolute atomic E-state index is 10.6. The monoisotopic (exact) mass is 174 g/mol. The van der Waals surface area contributed by atoms with Gasteiger partial charge in [-0.05, 0) is 12.1 Å². The van der Waals surface area contributed by atoms with Gasteiger partial charge in [-0.2, -0.15) is 0 Å². The van der Waals surface area contributed by atoms with Crippen LogP contribution in [-0.2, 0) is 4.29 Å². The Morgan fingerprint density at radius 1 is 1.64 bits per heavy atom. The summed E-state index contributed by atoms with van der Waals surface area (Å²) >= 11 is 4.81. The van der Waals surface area contributed by atoms with Crippen molar-refractivity contribution >= 4 is 17.8 Å². The van der Waals surface area contributed by atoms with Crippen LogP contribution in [-0.4, -0.2) is 11.0 Å². The van der Waals surface area contributed by atoms with Gasteiger partial charge >= 0.3 is 5.97 Å². The summed E-state index contributed by atoms with van der Waals surface area (Å²) in [7, 11) is 0. The van der Waals surface area contributed by atoms with Crippen LogP contribution in [0.4, 0.5) is 0 Å². The second-order valence-corrected chi connectivity index (χ2v) is 1.76. The van der Waals surface area contributed by atoms with Gasteiger partial charge in [0, 0.05) is 12.4 Å². The molecule has 0 saturated heterocycles. The quantitative estimate of drug-likeness (QED) is 0.701. The maximum Gasteiger partial charge on any atom is 0.357 e. The number of carbonyl (C=O) groups excluding carboxylic acids is 1. The molecule has 11 heavy (non-hydrogen) atoms. The first-order valence-electron chi connectivity index (χ1n) is 2.57. The molecule has 0 aliphatic rings. The standard InChI is InChI=1S/C6H4ClNO2.H3N/c7-10-6(9)5-2-1-3-8-4-5;/h1-4H;1H3. The van der Waals surface area contributed by atoms with E-state index in [0.717, 1.165) is 0 Å². The summed E-state index contributed by atoms with van der Waals surface area (Å²) in [6.45, 7) is 0. The van der Waals surface area contributed by atoms with Crippen molar-refractivity contribution in [3.63, 3.8) is 0 Å². The third-order valence-corrected chi connectivity index (χ3v) is 1.11. The second-order valence-electron chi connectivity index (χ2n) is 1.61. The highest BCUT2D eigenvalue weighted by atomic mass is 35.5. The molecule has 0 amide bonds. The molecule has 0 bridgehead atoms. The molecule has 0 spiro atoms. The highest BCUT2D eigenvalue weighted by Gasteiger charge is 2.03. The van der Waals surface area contributed by atoms with Crippen LogP contribution in [0.2, 0.25) is 0 Å². The van der Waals surface area contributed by atoms with E-state index in [4.69, 9.17) is 11.9 Å². The molecule has 1 heterocycles. The van der Waals surface area contributed by atoms with Gasteiger partial charge in [-0.3, -0.25) is 4.98 Å². The number of pyridine rings is 1. The second kappa shape index (κ2) is 4.65.